The van der Waals surface area contributed by atoms with Gasteiger partial charge in [0.25, 0.3) is 10.0 Å². The zero-order valence-electron chi connectivity index (χ0n) is 14.5. The number of sulfonamides is 1. The standard InChI is InChI=1S/C18H18BrClN2O3S/c1-10-4-5-15(20)9-16(10)21-26(24,25)17-8-14(19)7-13-6-11(2)22(12(3)23)18(13)17/h4-5,7-9,11,21H,6H2,1-3H3/t11-/m0/s1. The van der Waals surface area contributed by atoms with E-state index in [0.717, 1.165) is 11.1 Å². The molecule has 2 aromatic rings. The molecule has 1 heterocycles. The Morgan fingerprint density at radius 2 is 2.00 bits per heavy atom. The second-order valence-electron chi connectivity index (χ2n) is 6.42. The number of benzene rings is 2. The monoisotopic (exact) mass is 456 g/mol. The number of nitrogens with one attached hydrogen (secondary N) is 1. The van der Waals surface area contributed by atoms with Gasteiger partial charge in [-0.15, -0.1) is 0 Å². The van der Waals surface area contributed by atoms with Gasteiger partial charge in [0.2, 0.25) is 5.91 Å². The van der Waals surface area contributed by atoms with Gasteiger partial charge in [0.05, 0.1) is 11.4 Å². The molecule has 1 atom stereocenters. The van der Waals surface area contributed by atoms with Crippen LogP contribution in [-0.4, -0.2) is 20.4 Å². The van der Waals surface area contributed by atoms with Crippen LogP contribution < -0.4 is 9.62 Å². The van der Waals surface area contributed by atoms with Gasteiger partial charge in [-0.1, -0.05) is 33.6 Å². The minimum atomic E-state index is -3.92. The van der Waals surface area contributed by atoms with Crippen LogP contribution in [0.5, 0.6) is 0 Å². The molecule has 138 valence electrons. The Labute approximate surface area is 166 Å². The van der Waals surface area contributed by atoms with Gasteiger partial charge in [0.1, 0.15) is 4.90 Å². The Hall–Kier alpha value is -1.57. The summed E-state index contributed by atoms with van der Waals surface area (Å²) in [4.78, 5) is 13.7. The molecule has 0 bridgehead atoms. The third-order valence-corrected chi connectivity index (χ3v) is 6.46. The average molecular weight is 458 g/mol. The van der Waals surface area contributed by atoms with Crippen molar-refractivity contribution in [3.05, 3.63) is 51.0 Å². The van der Waals surface area contributed by atoms with Crippen LogP contribution >= 0.6 is 27.5 Å². The summed E-state index contributed by atoms with van der Waals surface area (Å²) in [5.74, 6) is -0.186. The maximum atomic E-state index is 13.1. The van der Waals surface area contributed by atoms with Crippen molar-refractivity contribution in [2.24, 2.45) is 0 Å². The summed E-state index contributed by atoms with van der Waals surface area (Å²) >= 11 is 9.38. The summed E-state index contributed by atoms with van der Waals surface area (Å²) in [6.45, 7) is 5.14. The number of hydrogen-bond acceptors (Lipinski definition) is 3. The minimum Gasteiger partial charge on any atom is -0.308 e. The molecular formula is C18H18BrClN2O3S. The molecule has 26 heavy (non-hydrogen) atoms. The van der Waals surface area contributed by atoms with Crippen LogP contribution in [0.4, 0.5) is 11.4 Å². The molecule has 2 aromatic carbocycles. The van der Waals surface area contributed by atoms with Crippen LogP contribution in [0.25, 0.3) is 0 Å². The number of anilines is 2. The molecule has 0 unspecified atom stereocenters. The summed E-state index contributed by atoms with van der Waals surface area (Å²) < 4.78 is 29.5. The first-order valence-electron chi connectivity index (χ1n) is 8.01. The van der Waals surface area contributed by atoms with Gasteiger partial charge in [0, 0.05) is 22.5 Å². The Bertz CT molecular complexity index is 1010. The smallest absolute Gasteiger partial charge is 0.264 e. The van der Waals surface area contributed by atoms with E-state index in [9.17, 15) is 13.2 Å². The zero-order chi connectivity index (χ0) is 19.2. The topological polar surface area (TPSA) is 66.5 Å². The second kappa shape index (κ2) is 6.87. The van der Waals surface area contributed by atoms with E-state index in [2.05, 4.69) is 20.7 Å². The van der Waals surface area contributed by atoms with Gasteiger partial charge < -0.3 is 4.90 Å². The number of hydrogen-bond donors (Lipinski definition) is 1. The number of carbonyl (C=O) groups excluding carboxylic acids is 1. The quantitative estimate of drug-likeness (QED) is 0.737. The molecule has 0 saturated carbocycles. The number of amides is 1. The first kappa shape index (κ1) is 19.2. The molecule has 1 N–H and O–H groups in total. The van der Waals surface area contributed by atoms with Crippen molar-refractivity contribution in [3.63, 3.8) is 0 Å². The number of rotatable bonds is 3. The first-order valence-corrected chi connectivity index (χ1v) is 10.7. The van der Waals surface area contributed by atoms with Crippen molar-refractivity contribution in [1.29, 1.82) is 0 Å². The fraction of sp³-hybridized carbons (Fsp3) is 0.278. The van der Waals surface area contributed by atoms with E-state index in [1.807, 2.05) is 13.0 Å². The van der Waals surface area contributed by atoms with Gasteiger partial charge in [0.15, 0.2) is 0 Å². The lowest BCUT2D eigenvalue weighted by Gasteiger charge is -2.23. The van der Waals surface area contributed by atoms with Crippen LogP contribution in [-0.2, 0) is 21.2 Å². The van der Waals surface area contributed by atoms with Gasteiger partial charge in [-0.2, -0.15) is 0 Å². The molecule has 1 aliphatic rings. The summed E-state index contributed by atoms with van der Waals surface area (Å²) in [7, 11) is -3.92. The van der Waals surface area contributed by atoms with E-state index in [0.29, 0.717) is 27.3 Å². The molecule has 0 fully saturated rings. The van der Waals surface area contributed by atoms with Crippen molar-refractivity contribution in [3.8, 4) is 0 Å². The highest BCUT2D eigenvalue weighted by Gasteiger charge is 2.35. The number of aryl methyl sites for hydroxylation is 1. The van der Waals surface area contributed by atoms with Gasteiger partial charge in [-0.3, -0.25) is 9.52 Å². The van der Waals surface area contributed by atoms with Crippen molar-refractivity contribution < 1.29 is 13.2 Å². The van der Waals surface area contributed by atoms with E-state index in [4.69, 9.17) is 11.6 Å². The summed E-state index contributed by atoms with van der Waals surface area (Å²) in [6.07, 6.45) is 0.604. The van der Waals surface area contributed by atoms with E-state index >= 15 is 0 Å². The highest BCUT2D eigenvalue weighted by Crippen LogP contribution is 2.40. The SMILES string of the molecule is CC(=O)N1c2c(cc(Br)cc2S(=O)(=O)Nc2cc(Cl)ccc2C)C[C@@H]1C. The number of nitrogens with zero attached hydrogens (tertiary/aromatic N) is 1. The predicted molar refractivity (Wildman–Crippen MR) is 107 cm³/mol. The molecule has 0 spiro atoms. The van der Waals surface area contributed by atoms with Gasteiger partial charge >= 0.3 is 0 Å². The van der Waals surface area contributed by atoms with Crippen LogP contribution in [0.2, 0.25) is 5.02 Å². The molecule has 1 aliphatic heterocycles. The van der Waals surface area contributed by atoms with Crippen LogP contribution in [0.15, 0.2) is 39.7 Å². The number of fused-ring (bicyclic) bond motifs is 1. The average Bonchev–Trinajstić information content (AvgIpc) is 2.85. The lowest BCUT2D eigenvalue weighted by molar-refractivity contribution is -0.116. The van der Waals surface area contributed by atoms with Crippen LogP contribution in [0, 0.1) is 6.92 Å². The maximum absolute atomic E-state index is 13.1. The summed E-state index contributed by atoms with van der Waals surface area (Å²) in [6, 6.07) is 8.30. The third kappa shape index (κ3) is 3.48. The molecule has 8 heteroatoms. The lowest BCUT2D eigenvalue weighted by Crippen LogP contribution is -2.34. The Kier molecular flexibility index (Phi) is 5.07. The Morgan fingerprint density at radius 3 is 2.65 bits per heavy atom. The van der Waals surface area contributed by atoms with Gasteiger partial charge in [-0.25, -0.2) is 8.42 Å². The summed E-state index contributed by atoms with van der Waals surface area (Å²) in [5.41, 5.74) is 2.43. The Balaban J connectivity index is 2.15. The van der Waals surface area contributed by atoms with Gasteiger partial charge in [-0.05, 0) is 55.7 Å². The largest absolute Gasteiger partial charge is 0.308 e. The van der Waals surface area contributed by atoms with E-state index in [-0.39, 0.29) is 16.8 Å². The fourth-order valence-electron chi connectivity index (χ4n) is 3.26. The van der Waals surface area contributed by atoms with E-state index in [1.54, 1.807) is 30.0 Å². The highest BCUT2D eigenvalue weighted by molar-refractivity contribution is 9.10. The highest BCUT2D eigenvalue weighted by atomic mass is 79.9. The fourth-order valence-corrected chi connectivity index (χ4v) is 5.48. The predicted octanol–water partition coefficient (Wildman–Crippen LogP) is 4.51. The molecule has 3 rings (SSSR count). The van der Waals surface area contributed by atoms with E-state index in [1.165, 1.54) is 13.0 Å². The second-order valence-corrected chi connectivity index (χ2v) is 9.42. The molecule has 0 aliphatic carbocycles. The van der Waals surface area contributed by atoms with E-state index < -0.39 is 10.0 Å². The third-order valence-electron chi connectivity index (χ3n) is 4.39. The first-order chi connectivity index (χ1) is 12.1. The zero-order valence-corrected chi connectivity index (χ0v) is 17.7. The number of carbonyl (C=O) groups is 1. The molecule has 0 radical (unpaired) electrons. The van der Waals surface area contributed by atoms with Crippen LogP contribution in [0.3, 0.4) is 0 Å². The van der Waals surface area contributed by atoms with Crippen molar-refractivity contribution in [2.45, 2.75) is 38.1 Å². The molecule has 5 nitrogen and oxygen atoms in total. The molecule has 1 amide bonds. The van der Waals surface area contributed by atoms with Crippen LogP contribution in [0.1, 0.15) is 25.0 Å². The van der Waals surface area contributed by atoms with Crippen molar-refractivity contribution >= 4 is 54.8 Å². The van der Waals surface area contributed by atoms with Crippen molar-refractivity contribution in [1.82, 2.24) is 0 Å². The van der Waals surface area contributed by atoms with Crippen molar-refractivity contribution in [2.75, 3.05) is 9.62 Å². The lowest BCUT2D eigenvalue weighted by atomic mass is 10.1. The molecule has 0 saturated heterocycles. The normalized spacial score (nSPS) is 16.5. The number of halogens is 2. The maximum Gasteiger partial charge on any atom is 0.264 e. The molecular weight excluding hydrogens is 440 g/mol. The molecule has 0 aromatic heterocycles. The minimum absolute atomic E-state index is 0.0702. The Morgan fingerprint density at radius 1 is 1.31 bits per heavy atom. The summed E-state index contributed by atoms with van der Waals surface area (Å²) in [5, 5.41) is 0.437.